The quantitative estimate of drug-likeness (QED) is 0.692. The van der Waals surface area contributed by atoms with E-state index in [1.807, 2.05) is 0 Å². The number of carbonyl (C=O) groups is 1. The maximum Gasteiger partial charge on any atom is 0.418 e. The van der Waals surface area contributed by atoms with E-state index >= 15 is 0 Å². The Kier molecular flexibility index (Phi) is 6.33. The summed E-state index contributed by atoms with van der Waals surface area (Å²) in [4.78, 5) is 12.1. The van der Waals surface area contributed by atoms with Crippen molar-refractivity contribution in [2.75, 3.05) is 16.6 Å². The van der Waals surface area contributed by atoms with Gasteiger partial charge in [0.05, 0.1) is 16.1 Å². The number of halogens is 3. The second-order valence-electron chi connectivity index (χ2n) is 7.58. The van der Waals surface area contributed by atoms with Gasteiger partial charge in [-0.2, -0.15) is 13.2 Å². The number of nitrogens with one attached hydrogen (secondary N) is 2. The number of benzene rings is 2. The van der Waals surface area contributed by atoms with Crippen LogP contribution in [0.5, 0.6) is 0 Å². The van der Waals surface area contributed by atoms with E-state index in [0.29, 0.717) is 36.6 Å². The average molecular weight is 456 g/mol. The molecule has 3 rings (SSSR count). The Hall–Kier alpha value is -2.59. The molecule has 10 heteroatoms. The number of rotatable bonds is 5. The molecule has 2 aromatic rings. The van der Waals surface area contributed by atoms with Gasteiger partial charge in [0.2, 0.25) is 0 Å². The SMILES string of the molecule is Cc1cc(C)c(S(=O)(=O)Nc2ccc(NC(=O)C3CCCO3)cc2C(F)(F)F)c(C)c1. The highest BCUT2D eigenvalue weighted by Crippen LogP contribution is 2.38. The van der Waals surface area contributed by atoms with Gasteiger partial charge >= 0.3 is 6.18 Å². The molecule has 1 unspecified atom stereocenters. The Bertz CT molecular complexity index is 1090. The number of aryl methyl sites for hydroxylation is 3. The van der Waals surface area contributed by atoms with Gasteiger partial charge in [0.1, 0.15) is 6.10 Å². The third-order valence-corrected chi connectivity index (χ3v) is 6.60. The fourth-order valence-electron chi connectivity index (χ4n) is 3.74. The van der Waals surface area contributed by atoms with E-state index in [9.17, 15) is 26.4 Å². The molecular weight excluding hydrogens is 433 g/mol. The highest BCUT2D eigenvalue weighted by Gasteiger charge is 2.36. The van der Waals surface area contributed by atoms with Crippen molar-refractivity contribution in [3.05, 3.63) is 52.6 Å². The van der Waals surface area contributed by atoms with E-state index in [0.717, 1.165) is 11.6 Å². The third kappa shape index (κ3) is 5.19. The summed E-state index contributed by atoms with van der Waals surface area (Å²) in [5.41, 5.74) is -0.224. The molecule has 1 aliphatic heterocycles. The minimum absolute atomic E-state index is 0.0676. The van der Waals surface area contributed by atoms with Gasteiger partial charge in [-0.25, -0.2) is 8.42 Å². The molecule has 2 N–H and O–H groups in total. The summed E-state index contributed by atoms with van der Waals surface area (Å²) in [6.07, 6.45) is -4.37. The van der Waals surface area contributed by atoms with Crippen LogP contribution in [0.15, 0.2) is 35.2 Å². The average Bonchev–Trinajstić information content (AvgIpc) is 3.15. The van der Waals surface area contributed by atoms with Crippen LogP contribution in [0.4, 0.5) is 24.5 Å². The Morgan fingerprint density at radius 3 is 2.29 bits per heavy atom. The first-order valence-corrected chi connectivity index (χ1v) is 11.1. The van der Waals surface area contributed by atoms with E-state index in [4.69, 9.17) is 4.74 Å². The third-order valence-electron chi connectivity index (χ3n) is 4.93. The number of anilines is 2. The lowest BCUT2D eigenvalue weighted by Gasteiger charge is -2.19. The maximum absolute atomic E-state index is 13.7. The molecular formula is C21H23F3N2O4S. The first-order chi connectivity index (χ1) is 14.4. The molecule has 168 valence electrons. The highest BCUT2D eigenvalue weighted by atomic mass is 32.2. The number of ether oxygens (including phenoxy) is 1. The second kappa shape index (κ2) is 8.51. The van der Waals surface area contributed by atoms with E-state index in [1.54, 1.807) is 32.9 Å². The normalized spacial score (nSPS) is 16.9. The topological polar surface area (TPSA) is 84.5 Å². The molecule has 1 fully saturated rings. The molecule has 1 saturated heterocycles. The number of hydrogen-bond donors (Lipinski definition) is 2. The molecule has 1 amide bonds. The van der Waals surface area contributed by atoms with Crippen LogP contribution >= 0.6 is 0 Å². The standard InChI is InChI=1S/C21H23F3N2O4S/c1-12-9-13(2)19(14(3)10-12)31(28,29)26-17-7-6-15(11-16(17)21(22,23)24)25-20(27)18-5-4-8-30-18/h6-7,9-11,18,26H,4-5,8H2,1-3H3,(H,25,27). The summed E-state index contributed by atoms with van der Waals surface area (Å²) in [7, 11) is -4.28. The molecule has 1 atom stereocenters. The molecule has 0 aromatic heterocycles. The first kappa shape index (κ1) is 23.1. The van der Waals surface area contributed by atoms with Gasteiger partial charge in [0, 0.05) is 12.3 Å². The summed E-state index contributed by atoms with van der Waals surface area (Å²) in [5, 5.41) is 2.40. The minimum Gasteiger partial charge on any atom is -0.368 e. The van der Waals surface area contributed by atoms with Gasteiger partial charge in [0.25, 0.3) is 15.9 Å². The van der Waals surface area contributed by atoms with Gasteiger partial charge in [0.15, 0.2) is 0 Å². The van der Waals surface area contributed by atoms with Crippen LogP contribution in [0.2, 0.25) is 0 Å². The van der Waals surface area contributed by atoms with E-state index < -0.39 is 39.5 Å². The predicted molar refractivity (Wildman–Crippen MR) is 111 cm³/mol. The maximum atomic E-state index is 13.7. The molecule has 0 aliphatic carbocycles. The van der Waals surface area contributed by atoms with Crippen molar-refractivity contribution in [2.24, 2.45) is 0 Å². The van der Waals surface area contributed by atoms with Crippen molar-refractivity contribution in [1.29, 1.82) is 0 Å². The Labute approximate surface area is 178 Å². The smallest absolute Gasteiger partial charge is 0.368 e. The van der Waals surface area contributed by atoms with Crippen molar-refractivity contribution in [3.63, 3.8) is 0 Å². The fourth-order valence-corrected chi connectivity index (χ4v) is 5.27. The predicted octanol–water partition coefficient (Wildman–Crippen LogP) is 4.55. The largest absolute Gasteiger partial charge is 0.418 e. The van der Waals surface area contributed by atoms with Gasteiger partial charge in [-0.3, -0.25) is 9.52 Å². The first-order valence-electron chi connectivity index (χ1n) is 9.63. The summed E-state index contributed by atoms with van der Waals surface area (Å²) in [5.74, 6) is -0.537. The fraction of sp³-hybridized carbons (Fsp3) is 0.381. The molecule has 1 aliphatic rings. The summed E-state index contributed by atoms with van der Waals surface area (Å²) >= 11 is 0. The Morgan fingerprint density at radius 2 is 1.74 bits per heavy atom. The van der Waals surface area contributed by atoms with Crippen molar-refractivity contribution in [1.82, 2.24) is 0 Å². The van der Waals surface area contributed by atoms with Gasteiger partial charge in [-0.05, 0) is 62.9 Å². The monoisotopic (exact) mass is 456 g/mol. The molecule has 0 saturated carbocycles. The van der Waals surface area contributed by atoms with E-state index in [2.05, 4.69) is 10.0 Å². The number of hydrogen-bond acceptors (Lipinski definition) is 4. The molecule has 6 nitrogen and oxygen atoms in total. The number of alkyl halides is 3. The zero-order chi connectivity index (χ0) is 23.0. The summed E-state index contributed by atoms with van der Waals surface area (Å²) in [6.45, 7) is 5.39. The van der Waals surface area contributed by atoms with Gasteiger partial charge < -0.3 is 10.1 Å². The van der Waals surface area contributed by atoms with E-state index in [1.165, 1.54) is 6.07 Å². The Balaban J connectivity index is 1.94. The lowest BCUT2D eigenvalue weighted by atomic mass is 10.1. The van der Waals surface area contributed by atoms with Crippen LogP contribution in [0.3, 0.4) is 0 Å². The lowest BCUT2D eigenvalue weighted by molar-refractivity contribution is -0.137. The number of amides is 1. The zero-order valence-electron chi connectivity index (χ0n) is 17.3. The van der Waals surface area contributed by atoms with Gasteiger partial charge in [-0.1, -0.05) is 17.7 Å². The van der Waals surface area contributed by atoms with Crippen LogP contribution in [-0.2, 0) is 25.7 Å². The zero-order valence-corrected chi connectivity index (χ0v) is 18.1. The molecule has 1 heterocycles. The molecule has 0 spiro atoms. The van der Waals surface area contributed by atoms with Gasteiger partial charge in [-0.15, -0.1) is 0 Å². The number of sulfonamides is 1. The molecule has 31 heavy (non-hydrogen) atoms. The van der Waals surface area contributed by atoms with Crippen molar-refractivity contribution >= 4 is 27.3 Å². The van der Waals surface area contributed by atoms with Crippen molar-refractivity contribution in [3.8, 4) is 0 Å². The summed E-state index contributed by atoms with van der Waals surface area (Å²) in [6, 6.07) is 6.21. The van der Waals surface area contributed by atoms with Crippen LogP contribution in [0.25, 0.3) is 0 Å². The van der Waals surface area contributed by atoms with Crippen LogP contribution < -0.4 is 10.0 Å². The van der Waals surface area contributed by atoms with E-state index in [-0.39, 0.29) is 10.6 Å². The molecule has 2 aromatic carbocycles. The van der Waals surface area contributed by atoms with Crippen LogP contribution in [-0.4, -0.2) is 27.0 Å². The van der Waals surface area contributed by atoms with Crippen LogP contribution in [0.1, 0.15) is 35.1 Å². The second-order valence-corrected chi connectivity index (χ2v) is 9.20. The number of carbonyl (C=O) groups excluding carboxylic acids is 1. The van der Waals surface area contributed by atoms with Crippen molar-refractivity contribution in [2.45, 2.75) is 50.8 Å². The minimum atomic E-state index is -4.85. The molecule has 0 bridgehead atoms. The van der Waals surface area contributed by atoms with Crippen molar-refractivity contribution < 1.29 is 31.1 Å². The highest BCUT2D eigenvalue weighted by molar-refractivity contribution is 7.92. The summed E-state index contributed by atoms with van der Waals surface area (Å²) < 4.78 is 74.2. The Morgan fingerprint density at radius 1 is 1.10 bits per heavy atom. The molecule has 0 radical (unpaired) electrons. The van der Waals surface area contributed by atoms with Crippen LogP contribution in [0, 0.1) is 20.8 Å². The lowest BCUT2D eigenvalue weighted by Crippen LogP contribution is -2.27.